The lowest BCUT2D eigenvalue weighted by Crippen LogP contribution is -2.34. The molecule has 0 saturated carbocycles. The van der Waals surface area contributed by atoms with E-state index in [1.165, 1.54) is 0 Å². The standard InChI is InChI=1S/C19H25N3O3/c1-22(2)16-7-5-6-14(10-16)12-20-19(23)21-13-15-8-9-17(24-3)18(11-15)25-4/h5-11H,12-13H2,1-4H3,(H2,20,21,23). The van der Waals surface area contributed by atoms with Crippen molar-refractivity contribution >= 4 is 11.7 Å². The Labute approximate surface area is 148 Å². The molecule has 0 bridgehead atoms. The number of benzene rings is 2. The van der Waals surface area contributed by atoms with Gasteiger partial charge < -0.3 is 25.0 Å². The Kier molecular flexibility index (Phi) is 6.51. The zero-order valence-electron chi connectivity index (χ0n) is 15.1. The first kappa shape index (κ1) is 18.4. The van der Waals surface area contributed by atoms with Gasteiger partial charge in [-0.3, -0.25) is 0 Å². The van der Waals surface area contributed by atoms with E-state index in [0.717, 1.165) is 16.8 Å². The Morgan fingerprint density at radius 2 is 1.56 bits per heavy atom. The van der Waals surface area contributed by atoms with Crippen LogP contribution in [0.25, 0.3) is 0 Å². The van der Waals surface area contributed by atoms with E-state index in [2.05, 4.69) is 16.7 Å². The number of nitrogens with one attached hydrogen (secondary N) is 2. The minimum absolute atomic E-state index is 0.218. The number of carbonyl (C=O) groups excluding carboxylic acids is 1. The van der Waals surface area contributed by atoms with E-state index < -0.39 is 0 Å². The lowest BCUT2D eigenvalue weighted by Gasteiger charge is -2.14. The molecule has 0 aliphatic heterocycles. The summed E-state index contributed by atoms with van der Waals surface area (Å²) in [6.45, 7) is 0.878. The van der Waals surface area contributed by atoms with E-state index >= 15 is 0 Å². The number of carbonyl (C=O) groups is 1. The van der Waals surface area contributed by atoms with E-state index in [1.54, 1.807) is 14.2 Å². The molecular formula is C19H25N3O3. The summed E-state index contributed by atoms with van der Waals surface area (Å²) in [4.78, 5) is 14.0. The minimum atomic E-state index is -0.218. The van der Waals surface area contributed by atoms with E-state index in [1.807, 2.05) is 55.4 Å². The van der Waals surface area contributed by atoms with E-state index in [9.17, 15) is 4.79 Å². The summed E-state index contributed by atoms with van der Waals surface area (Å²) in [5, 5.41) is 5.70. The van der Waals surface area contributed by atoms with E-state index in [-0.39, 0.29) is 6.03 Å². The topological polar surface area (TPSA) is 62.8 Å². The molecule has 0 atom stereocenters. The highest BCUT2D eigenvalue weighted by atomic mass is 16.5. The van der Waals surface area contributed by atoms with Gasteiger partial charge >= 0.3 is 6.03 Å². The summed E-state index contributed by atoms with van der Waals surface area (Å²) in [7, 11) is 7.16. The van der Waals surface area contributed by atoms with E-state index in [0.29, 0.717) is 24.6 Å². The Bertz CT molecular complexity index is 717. The SMILES string of the molecule is COc1ccc(CNC(=O)NCc2cccc(N(C)C)c2)cc1OC. The van der Waals surface area contributed by atoms with Crippen molar-refractivity contribution in [1.29, 1.82) is 0 Å². The predicted octanol–water partition coefficient (Wildman–Crippen LogP) is 2.77. The average molecular weight is 343 g/mol. The zero-order valence-corrected chi connectivity index (χ0v) is 15.1. The molecule has 0 spiro atoms. The number of hydrogen-bond acceptors (Lipinski definition) is 4. The van der Waals surface area contributed by atoms with Gasteiger partial charge in [-0.05, 0) is 35.4 Å². The first-order chi connectivity index (χ1) is 12.0. The highest BCUT2D eigenvalue weighted by Crippen LogP contribution is 2.27. The molecule has 2 aromatic carbocycles. The van der Waals surface area contributed by atoms with Gasteiger partial charge in [0, 0.05) is 32.9 Å². The molecule has 25 heavy (non-hydrogen) atoms. The van der Waals surface area contributed by atoms with E-state index in [4.69, 9.17) is 9.47 Å². The summed E-state index contributed by atoms with van der Waals surface area (Å²) >= 11 is 0. The zero-order chi connectivity index (χ0) is 18.2. The lowest BCUT2D eigenvalue weighted by molar-refractivity contribution is 0.240. The van der Waals surface area contributed by atoms with Crippen molar-refractivity contribution in [3.63, 3.8) is 0 Å². The van der Waals surface area contributed by atoms with Gasteiger partial charge in [-0.1, -0.05) is 18.2 Å². The van der Waals surface area contributed by atoms with Gasteiger partial charge in [0.2, 0.25) is 0 Å². The Morgan fingerprint density at radius 1 is 0.920 bits per heavy atom. The molecule has 0 unspecified atom stereocenters. The second kappa shape index (κ2) is 8.82. The molecule has 2 N–H and O–H groups in total. The van der Waals surface area contributed by atoms with Gasteiger partial charge in [0.1, 0.15) is 0 Å². The molecule has 2 amide bonds. The third kappa shape index (κ3) is 5.31. The van der Waals surface area contributed by atoms with Crippen molar-refractivity contribution in [3.8, 4) is 11.5 Å². The molecule has 0 aliphatic carbocycles. The molecule has 0 aliphatic rings. The normalized spacial score (nSPS) is 10.1. The fourth-order valence-corrected chi connectivity index (χ4v) is 2.36. The van der Waals surface area contributed by atoms with Crippen LogP contribution >= 0.6 is 0 Å². The van der Waals surface area contributed by atoms with Crippen molar-refractivity contribution in [1.82, 2.24) is 10.6 Å². The van der Waals surface area contributed by atoms with Crippen LogP contribution in [0.4, 0.5) is 10.5 Å². The van der Waals surface area contributed by atoms with Crippen LogP contribution in [-0.2, 0) is 13.1 Å². The van der Waals surface area contributed by atoms with Crippen molar-refractivity contribution in [2.24, 2.45) is 0 Å². The van der Waals surface area contributed by atoms with Crippen molar-refractivity contribution in [2.45, 2.75) is 13.1 Å². The fraction of sp³-hybridized carbons (Fsp3) is 0.316. The van der Waals surface area contributed by atoms with Crippen molar-refractivity contribution in [2.75, 3.05) is 33.2 Å². The fourth-order valence-electron chi connectivity index (χ4n) is 2.36. The molecule has 2 aromatic rings. The number of hydrogen-bond donors (Lipinski definition) is 2. The highest BCUT2D eigenvalue weighted by molar-refractivity contribution is 5.73. The maximum Gasteiger partial charge on any atom is 0.315 e. The number of urea groups is 1. The van der Waals surface area contributed by atoms with Crippen LogP contribution in [0.15, 0.2) is 42.5 Å². The summed E-state index contributed by atoms with van der Waals surface area (Å²) in [6, 6.07) is 13.4. The molecule has 0 fully saturated rings. The van der Waals surface area contributed by atoms with Crippen molar-refractivity contribution in [3.05, 3.63) is 53.6 Å². The number of methoxy groups -OCH3 is 2. The molecule has 0 saturated heterocycles. The molecule has 134 valence electrons. The molecular weight excluding hydrogens is 318 g/mol. The predicted molar refractivity (Wildman–Crippen MR) is 99.4 cm³/mol. The number of ether oxygens (including phenoxy) is 2. The van der Waals surface area contributed by atoms with Crippen LogP contribution in [-0.4, -0.2) is 34.3 Å². The highest BCUT2D eigenvalue weighted by Gasteiger charge is 2.06. The average Bonchev–Trinajstić information content (AvgIpc) is 2.64. The van der Waals surface area contributed by atoms with Gasteiger partial charge in [-0.2, -0.15) is 0 Å². The van der Waals surface area contributed by atoms with Crippen LogP contribution in [0.2, 0.25) is 0 Å². The monoisotopic (exact) mass is 343 g/mol. The van der Waals surface area contributed by atoms with Gasteiger partial charge in [-0.25, -0.2) is 4.79 Å². The molecule has 6 heteroatoms. The van der Waals surface area contributed by atoms with Crippen molar-refractivity contribution < 1.29 is 14.3 Å². The number of amides is 2. The molecule has 0 radical (unpaired) electrons. The molecule has 0 aromatic heterocycles. The van der Waals surface area contributed by atoms with Crippen LogP contribution in [0, 0.1) is 0 Å². The Morgan fingerprint density at radius 3 is 2.16 bits per heavy atom. The summed E-state index contributed by atoms with van der Waals surface area (Å²) in [6.07, 6.45) is 0. The van der Waals surface area contributed by atoms with Crippen LogP contribution in [0.1, 0.15) is 11.1 Å². The quantitative estimate of drug-likeness (QED) is 0.811. The number of rotatable bonds is 7. The van der Waals surface area contributed by atoms with Crippen LogP contribution < -0.4 is 25.0 Å². The summed E-state index contributed by atoms with van der Waals surface area (Å²) in [5.41, 5.74) is 3.08. The first-order valence-electron chi connectivity index (χ1n) is 8.02. The van der Waals surface area contributed by atoms with Gasteiger partial charge in [-0.15, -0.1) is 0 Å². The van der Waals surface area contributed by atoms with Gasteiger partial charge in [0.15, 0.2) is 11.5 Å². The summed E-state index contributed by atoms with van der Waals surface area (Å²) < 4.78 is 10.5. The molecule has 6 nitrogen and oxygen atoms in total. The lowest BCUT2D eigenvalue weighted by atomic mass is 10.2. The largest absolute Gasteiger partial charge is 0.493 e. The van der Waals surface area contributed by atoms with Crippen LogP contribution in [0.5, 0.6) is 11.5 Å². The maximum atomic E-state index is 12.0. The second-order valence-electron chi connectivity index (χ2n) is 5.79. The van der Waals surface area contributed by atoms with Crippen LogP contribution in [0.3, 0.4) is 0 Å². The number of anilines is 1. The minimum Gasteiger partial charge on any atom is -0.493 e. The molecule has 2 rings (SSSR count). The number of nitrogens with zero attached hydrogens (tertiary/aromatic N) is 1. The smallest absolute Gasteiger partial charge is 0.315 e. The third-order valence-electron chi connectivity index (χ3n) is 3.78. The second-order valence-corrected chi connectivity index (χ2v) is 5.79. The van der Waals surface area contributed by atoms with Gasteiger partial charge in [0.05, 0.1) is 14.2 Å². The Balaban J connectivity index is 1.86. The summed E-state index contributed by atoms with van der Waals surface area (Å²) in [5.74, 6) is 1.30. The first-order valence-corrected chi connectivity index (χ1v) is 8.02. The Hall–Kier alpha value is -2.89. The maximum absolute atomic E-state index is 12.0. The molecule has 0 heterocycles. The van der Waals surface area contributed by atoms with Gasteiger partial charge in [0.25, 0.3) is 0 Å². The third-order valence-corrected chi connectivity index (χ3v) is 3.78.